The number of nitrogens with one attached hydrogen (secondary N) is 1. The van der Waals surface area contributed by atoms with E-state index in [9.17, 15) is 4.79 Å². The molecule has 0 aromatic rings. The first-order valence-electron chi connectivity index (χ1n) is 3.60. The molecule has 1 heterocycles. The lowest BCUT2D eigenvalue weighted by Crippen LogP contribution is -2.13. The fraction of sp³-hybridized carbons (Fsp3) is 0.857. The summed E-state index contributed by atoms with van der Waals surface area (Å²) in [7, 11) is 1.44. The average molecular weight is 180 g/mol. The largest absolute Gasteiger partial charge is 0.469 e. The molecule has 0 aliphatic carbocycles. The quantitative estimate of drug-likeness (QED) is 0.631. The molecule has 1 rings (SSSR count). The van der Waals surface area contributed by atoms with Crippen LogP contribution in [0.3, 0.4) is 0 Å². The molecule has 1 fully saturated rings. The third kappa shape index (κ3) is 3.58. The van der Waals surface area contributed by atoms with Crippen molar-refractivity contribution in [3.05, 3.63) is 0 Å². The molecule has 1 aliphatic rings. The fourth-order valence-corrected chi connectivity index (χ4v) is 1.21. The molecule has 0 radical (unpaired) electrons. The highest BCUT2D eigenvalue weighted by molar-refractivity contribution is 5.85. The zero-order valence-corrected chi connectivity index (χ0v) is 7.45. The number of carbonyl (C=O) groups is 1. The predicted octanol–water partition coefficient (Wildman–Crippen LogP) is 0.581. The zero-order chi connectivity index (χ0) is 7.40. The minimum atomic E-state index is -0.0892. The Bertz CT molecular complexity index is 124. The summed E-state index contributed by atoms with van der Waals surface area (Å²) in [5, 5.41) is 3.19. The van der Waals surface area contributed by atoms with E-state index < -0.39 is 0 Å². The van der Waals surface area contributed by atoms with E-state index in [1.165, 1.54) is 7.11 Å². The monoisotopic (exact) mass is 179 g/mol. The standard InChI is InChI=1S/C7H13NO2.ClH/c1-10-7(9)4-6-2-3-8-5-6;/h6,8H,2-5H2,1H3;1H. The number of halogens is 1. The molecule has 66 valence electrons. The van der Waals surface area contributed by atoms with Gasteiger partial charge in [-0.2, -0.15) is 0 Å². The SMILES string of the molecule is COC(=O)CC1CCNC1.Cl. The molecule has 0 saturated carbocycles. The summed E-state index contributed by atoms with van der Waals surface area (Å²) in [6, 6.07) is 0. The fourth-order valence-electron chi connectivity index (χ4n) is 1.21. The molecule has 0 spiro atoms. The molecule has 11 heavy (non-hydrogen) atoms. The van der Waals surface area contributed by atoms with E-state index in [1.807, 2.05) is 0 Å². The Balaban J connectivity index is 0.000001000. The molecule has 0 bridgehead atoms. The normalized spacial score (nSPS) is 22.5. The van der Waals surface area contributed by atoms with Gasteiger partial charge in [-0.25, -0.2) is 0 Å². The molecule has 1 unspecified atom stereocenters. The molecule has 0 amide bonds. The van der Waals surface area contributed by atoms with E-state index in [0.717, 1.165) is 19.5 Å². The maximum atomic E-state index is 10.7. The van der Waals surface area contributed by atoms with Gasteiger partial charge in [0.25, 0.3) is 0 Å². The molecular formula is C7H14ClNO2. The molecule has 0 aromatic carbocycles. The van der Waals surface area contributed by atoms with Crippen LogP contribution < -0.4 is 5.32 Å². The van der Waals surface area contributed by atoms with Gasteiger partial charge in [-0.1, -0.05) is 0 Å². The summed E-state index contributed by atoms with van der Waals surface area (Å²) in [6.07, 6.45) is 1.68. The summed E-state index contributed by atoms with van der Waals surface area (Å²) in [5.41, 5.74) is 0. The molecule has 4 heteroatoms. The minimum absolute atomic E-state index is 0. The van der Waals surface area contributed by atoms with Crippen LogP contribution in [0.25, 0.3) is 0 Å². The van der Waals surface area contributed by atoms with E-state index in [2.05, 4.69) is 10.1 Å². The summed E-state index contributed by atoms with van der Waals surface area (Å²) < 4.78 is 4.55. The van der Waals surface area contributed by atoms with Crippen LogP contribution in [0, 0.1) is 5.92 Å². The lowest BCUT2D eigenvalue weighted by molar-refractivity contribution is -0.141. The summed E-state index contributed by atoms with van der Waals surface area (Å²) in [4.78, 5) is 10.7. The Morgan fingerprint density at radius 1 is 1.73 bits per heavy atom. The van der Waals surface area contributed by atoms with Crippen LogP contribution in [0.1, 0.15) is 12.8 Å². The van der Waals surface area contributed by atoms with Gasteiger partial charge < -0.3 is 10.1 Å². The smallest absolute Gasteiger partial charge is 0.305 e. The number of esters is 1. The van der Waals surface area contributed by atoms with Gasteiger partial charge in [0.15, 0.2) is 0 Å². The van der Waals surface area contributed by atoms with E-state index in [-0.39, 0.29) is 18.4 Å². The lowest BCUT2D eigenvalue weighted by Gasteiger charge is -2.04. The van der Waals surface area contributed by atoms with E-state index >= 15 is 0 Å². The van der Waals surface area contributed by atoms with Crippen molar-refractivity contribution >= 4 is 18.4 Å². The second-order valence-electron chi connectivity index (χ2n) is 2.64. The number of hydrogen-bond donors (Lipinski definition) is 1. The molecule has 1 atom stereocenters. The van der Waals surface area contributed by atoms with Crippen LogP contribution in [-0.2, 0) is 9.53 Å². The van der Waals surface area contributed by atoms with Gasteiger partial charge in [-0.3, -0.25) is 4.79 Å². The van der Waals surface area contributed by atoms with Crippen LogP contribution in [-0.4, -0.2) is 26.2 Å². The number of methoxy groups -OCH3 is 1. The van der Waals surface area contributed by atoms with Crippen molar-refractivity contribution in [1.82, 2.24) is 5.32 Å². The molecule has 0 aromatic heterocycles. The van der Waals surface area contributed by atoms with Gasteiger partial charge in [0.2, 0.25) is 0 Å². The summed E-state index contributed by atoms with van der Waals surface area (Å²) in [6.45, 7) is 2.01. The Labute approximate surface area is 72.9 Å². The summed E-state index contributed by atoms with van der Waals surface area (Å²) in [5.74, 6) is 0.418. The molecular weight excluding hydrogens is 166 g/mol. The van der Waals surface area contributed by atoms with Gasteiger partial charge in [0.05, 0.1) is 7.11 Å². The number of carbonyl (C=O) groups excluding carboxylic acids is 1. The average Bonchev–Trinajstić information content (AvgIpc) is 2.40. The van der Waals surface area contributed by atoms with E-state index in [0.29, 0.717) is 12.3 Å². The van der Waals surface area contributed by atoms with Gasteiger partial charge in [0.1, 0.15) is 0 Å². The summed E-state index contributed by atoms with van der Waals surface area (Å²) >= 11 is 0. The van der Waals surface area contributed by atoms with Crippen LogP contribution in [0.2, 0.25) is 0 Å². The van der Waals surface area contributed by atoms with Crippen LogP contribution in [0.5, 0.6) is 0 Å². The van der Waals surface area contributed by atoms with Crippen molar-refractivity contribution in [1.29, 1.82) is 0 Å². The Kier molecular flexibility index (Phi) is 5.24. The minimum Gasteiger partial charge on any atom is -0.469 e. The maximum absolute atomic E-state index is 10.7. The van der Waals surface area contributed by atoms with Gasteiger partial charge in [-0.05, 0) is 25.4 Å². The Morgan fingerprint density at radius 3 is 2.91 bits per heavy atom. The van der Waals surface area contributed by atoms with Crippen molar-refractivity contribution in [2.24, 2.45) is 5.92 Å². The van der Waals surface area contributed by atoms with E-state index in [4.69, 9.17) is 0 Å². The highest BCUT2D eigenvalue weighted by Gasteiger charge is 2.17. The number of hydrogen-bond acceptors (Lipinski definition) is 3. The lowest BCUT2D eigenvalue weighted by atomic mass is 10.1. The zero-order valence-electron chi connectivity index (χ0n) is 6.63. The third-order valence-electron chi connectivity index (χ3n) is 1.85. The Hall–Kier alpha value is -0.280. The van der Waals surface area contributed by atoms with Crippen molar-refractivity contribution in [2.75, 3.05) is 20.2 Å². The first-order valence-corrected chi connectivity index (χ1v) is 3.60. The molecule has 1 N–H and O–H groups in total. The van der Waals surface area contributed by atoms with E-state index in [1.54, 1.807) is 0 Å². The first-order chi connectivity index (χ1) is 4.83. The second kappa shape index (κ2) is 5.38. The van der Waals surface area contributed by atoms with Crippen molar-refractivity contribution in [3.8, 4) is 0 Å². The highest BCUT2D eigenvalue weighted by atomic mass is 35.5. The molecule has 3 nitrogen and oxygen atoms in total. The highest BCUT2D eigenvalue weighted by Crippen LogP contribution is 2.11. The van der Waals surface area contributed by atoms with Crippen LogP contribution >= 0.6 is 12.4 Å². The predicted molar refractivity (Wildman–Crippen MR) is 44.9 cm³/mol. The third-order valence-corrected chi connectivity index (χ3v) is 1.85. The number of rotatable bonds is 2. The van der Waals surface area contributed by atoms with Crippen LogP contribution in [0.4, 0.5) is 0 Å². The second-order valence-corrected chi connectivity index (χ2v) is 2.64. The van der Waals surface area contributed by atoms with Crippen LogP contribution in [0.15, 0.2) is 0 Å². The van der Waals surface area contributed by atoms with Crippen molar-refractivity contribution in [3.63, 3.8) is 0 Å². The van der Waals surface area contributed by atoms with Crippen molar-refractivity contribution in [2.45, 2.75) is 12.8 Å². The topological polar surface area (TPSA) is 38.3 Å². The molecule has 1 saturated heterocycles. The van der Waals surface area contributed by atoms with Gasteiger partial charge in [-0.15, -0.1) is 12.4 Å². The van der Waals surface area contributed by atoms with Gasteiger partial charge >= 0.3 is 5.97 Å². The van der Waals surface area contributed by atoms with Crippen molar-refractivity contribution < 1.29 is 9.53 Å². The van der Waals surface area contributed by atoms with Gasteiger partial charge in [0, 0.05) is 6.42 Å². The molecule has 1 aliphatic heterocycles. The Morgan fingerprint density at radius 2 is 2.45 bits per heavy atom. The first kappa shape index (κ1) is 10.7. The maximum Gasteiger partial charge on any atom is 0.305 e. The number of ether oxygens (including phenoxy) is 1.